The van der Waals surface area contributed by atoms with Gasteiger partial charge >= 0.3 is 0 Å². The first-order chi connectivity index (χ1) is 15.7. The topological polar surface area (TPSA) is 78.9 Å². The number of carbonyl (C=O) groups is 2. The van der Waals surface area contributed by atoms with Gasteiger partial charge in [0, 0.05) is 45.0 Å². The van der Waals surface area contributed by atoms with E-state index in [2.05, 4.69) is 14.9 Å². The zero-order valence-electron chi connectivity index (χ0n) is 18.7. The van der Waals surface area contributed by atoms with E-state index in [0.717, 1.165) is 31.4 Å². The molecule has 2 fully saturated rings. The molecule has 0 radical (unpaired) electrons. The second-order valence-electron chi connectivity index (χ2n) is 8.20. The molecule has 1 atom stereocenters. The molecule has 0 N–H and O–H groups in total. The van der Waals surface area contributed by atoms with Crippen molar-refractivity contribution in [3.63, 3.8) is 0 Å². The van der Waals surface area contributed by atoms with Crippen LogP contribution in [0.15, 0.2) is 42.6 Å². The zero-order chi connectivity index (χ0) is 22.3. The van der Waals surface area contributed by atoms with E-state index < -0.39 is 0 Å². The van der Waals surface area contributed by atoms with Crippen molar-refractivity contribution in [2.45, 2.75) is 38.6 Å². The van der Waals surface area contributed by atoms with Gasteiger partial charge in [-0.2, -0.15) is 4.98 Å². The van der Waals surface area contributed by atoms with Crippen molar-refractivity contribution >= 4 is 17.8 Å². The Kier molecular flexibility index (Phi) is 7.19. The van der Waals surface area contributed by atoms with Crippen molar-refractivity contribution in [2.24, 2.45) is 0 Å². The number of amides is 2. The summed E-state index contributed by atoms with van der Waals surface area (Å²) in [7, 11) is 0. The smallest absolute Gasteiger partial charge is 0.245 e. The molecule has 1 aromatic carbocycles. The van der Waals surface area contributed by atoms with Crippen molar-refractivity contribution in [2.75, 3.05) is 44.2 Å². The number of anilines is 1. The molecule has 2 saturated heterocycles. The summed E-state index contributed by atoms with van der Waals surface area (Å²) in [5.74, 6) is 1.29. The summed E-state index contributed by atoms with van der Waals surface area (Å²) >= 11 is 0. The molecule has 0 bridgehead atoms. The van der Waals surface area contributed by atoms with E-state index in [4.69, 9.17) is 4.74 Å². The number of nitrogens with zero attached hydrogens (tertiary/aromatic N) is 5. The van der Waals surface area contributed by atoms with Crippen LogP contribution in [0.5, 0.6) is 5.88 Å². The molecular formula is C24H31N5O3. The first kappa shape index (κ1) is 22.0. The van der Waals surface area contributed by atoms with Crippen LogP contribution < -0.4 is 9.64 Å². The van der Waals surface area contributed by atoms with Crippen LogP contribution in [0.25, 0.3) is 0 Å². The van der Waals surface area contributed by atoms with E-state index in [1.54, 1.807) is 17.2 Å². The van der Waals surface area contributed by atoms with Gasteiger partial charge in [-0.15, -0.1) is 0 Å². The van der Waals surface area contributed by atoms with Gasteiger partial charge in [-0.05, 0) is 31.7 Å². The molecule has 32 heavy (non-hydrogen) atoms. The van der Waals surface area contributed by atoms with Crippen LogP contribution in [0.2, 0.25) is 0 Å². The second-order valence-corrected chi connectivity index (χ2v) is 8.20. The van der Waals surface area contributed by atoms with Crippen molar-refractivity contribution in [1.29, 1.82) is 0 Å². The summed E-state index contributed by atoms with van der Waals surface area (Å²) in [5, 5.41) is 0. The molecule has 2 aromatic rings. The average molecular weight is 438 g/mol. The van der Waals surface area contributed by atoms with Gasteiger partial charge < -0.3 is 19.4 Å². The molecule has 3 heterocycles. The lowest BCUT2D eigenvalue weighted by Crippen LogP contribution is -2.49. The van der Waals surface area contributed by atoms with E-state index >= 15 is 0 Å². The number of likely N-dealkylation sites (tertiary alicyclic amines) is 1. The molecule has 0 aliphatic carbocycles. The SMILES string of the molecule is CCOc1ccnc(N2CCCN(C(=O)C3CCCN3C(=O)Cc3ccccc3)CC2)n1. The zero-order valence-corrected chi connectivity index (χ0v) is 18.7. The van der Waals surface area contributed by atoms with E-state index in [1.165, 1.54) is 0 Å². The number of benzene rings is 1. The Morgan fingerprint density at radius 1 is 1.03 bits per heavy atom. The normalized spacial score (nSPS) is 19.0. The molecule has 8 heteroatoms. The first-order valence-electron chi connectivity index (χ1n) is 11.5. The molecule has 0 spiro atoms. The fourth-order valence-corrected chi connectivity index (χ4v) is 4.46. The number of ether oxygens (including phenoxy) is 1. The standard InChI is InChI=1S/C24H31N5O3/c1-2-32-21-11-12-25-24(26-21)28-14-7-13-27(16-17-28)23(31)20-10-6-15-29(20)22(30)18-19-8-4-3-5-9-19/h3-5,8-9,11-12,20H,2,6-7,10,13-18H2,1H3. The Balaban J connectivity index is 1.37. The number of hydrogen-bond donors (Lipinski definition) is 0. The van der Waals surface area contributed by atoms with Crippen LogP contribution in [0, 0.1) is 0 Å². The maximum absolute atomic E-state index is 13.4. The van der Waals surface area contributed by atoms with Gasteiger partial charge in [0.25, 0.3) is 0 Å². The van der Waals surface area contributed by atoms with Gasteiger partial charge in [0.05, 0.1) is 13.0 Å². The third-order valence-electron chi connectivity index (χ3n) is 6.06. The Labute approximate surface area is 189 Å². The summed E-state index contributed by atoms with van der Waals surface area (Å²) < 4.78 is 5.49. The Morgan fingerprint density at radius 3 is 2.69 bits per heavy atom. The van der Waals surface area contributed by atoms with Gasteiger partial charge in [0.2, 0.25) is 23.6 Å². The van der Waals surface area contributed by atoms with Crippen LogP contribution in [-0.2, 0) is 16.0 Å². The number of carbonyl (C=O) groups excluding carboxylic acids is 2. The summed E-state index contributed by atoms with van der Waals surface area (Å²) in [5.41, 5.74) is 0.982. The van der Waals surface area contributed by atoms with E-state index in [1.807, 2.05) is 42.2 Å². The average Bonchev–Trinajstić information content (AvgIpc) is 3.18. The monoisotopic (exact) mass is 437 g/mol. The van der Waals surface area contributed by atoms with Gasteiger partial charge in [-0.3, -0.25) is 9.59 Å². The minimum Gasteiger partial charge on any atom is -0.478 e. The molecule has 1 aromatic heterocycles. The van der Waals surface area contributed by atoms with Gasteiger partial charge in [0.1, 0.15) is 6.04 Å². The minimum atomic E-state index is -0.352. The quantitative estimate of drug-likeness (QED) is 0.689. The molecular weight excluding hydrogens is 406 g/mol. The maximum atomic E-state index is 13.4. The van der Waals surface area contributed by atoms with Crippen LogP contribution in [0.4, 0.5) is 5.95 Å². The molecule has 1 unspecified atom stereocenters. The lowest BCUT2D eigenvalue weighted by atomic mass is 10.1. The number of aromatic nitrogens is 2. The molecule has 8 nitrogen and oxygen atoms in total. The summed E-state index contributed by atoms with van der Waals surface area (Å²) in [6.45, 7) is 5.84. The summed E-state index contributed by atoms with van der Waals surface area (Å²) in [6.07, 6.45) is 4.48. The van der Waals surface area contributed by atoms with E-state index in [-0.39, 0.29) is 17.9 Å². The van der Waals surface area contributed by atoms with E-state index in [0.29, 0.717) is 51.0 Å². The van der Waals surface area contributed by atoms with E-state index in [9.17, 15) is 9.59 Å². The molecule has 4 rings (SSSR count). The Bertz CT molecular complexity index is 923. The third-order valence-corrected chi connectivity index (χ3v) is 6.06. The lowest BCUT2D eigenvalue weighted by Gasteiger charge is -2.30. The predicted molar refractivity (Wildman–Crippen MR) is 121 cm³/mol. The molecule has 170 valence electrons. The maximum Gasteiger partial charge on any atom is 0.245 e. The molecule has 2 aliphatic heterocycles. The van der Waals surface area contributed by atoms with Crippen molar-refractivity contribution in [3.8, 4) is 5.88 Å². The van der Waals surface area contributed by atoms with Crippen molar-refractivity contribution in [3.05, 3.63) is 48.2 Å². The fraction of sp³-hybridized carbons (Fsp3) is 0.500. The largest absolute Gasteiger partial charge is 0.478 e. The lowest BCUT2D eigenvalue weighted by molar-refractivity contribution is -0.143. The van der Waals surface area contributed by atoms with Crippen molar-refractivity contribution in [1.82, 2.24) is 19.8 Å². The van der Waals surface area contributed by atoms with Crippen LogP contribution >= 0.6 is 0 Å². The van der Waals surface area contributed by atoms with Gasteiger partial charge in [-0.25, -0.2) is 4.98 Å². The molecule has 0 saturated carbocycles. The highest BCUT2D eigenvalue weighted by atomic mass is 16.5. The second kappa shape index (κ2) is 10.4. The Hall–Kier alpha value is -3.16. The summed E-state index contributed by atoms with van der Waals surface area (Å²) in [4.78, 5) is 41.0. The number of hydrogen-bond acceptors (Lipinski definition) is 6. The van der Waals surface area contributed by atoms with Gasteiger partial charge in [0.15, 0.2) is 0 Å². The first-order valence-corrected chi connectivity index (χ1v) is 11.5. The fourth-order valence-electron chi connectivity index (χ4n) is 4.46. The molecule has 2 aliphatic rings. The van der Waals surface area contributed by atoms with Crippen LogP contribution in [0.3, 0.4) is 0 Å². The minimum absolute atomic E-state index is 0.0321. The highest BCUT2D eigenvalue weighted by molar-refractivity contribution is 5.89. The van der Waals surface area contributed by atoms with Crippen molar-refractivity contribution < 1.29 is 14.3 Å². The van der Waals surface area contributed by atoms with Gasteiger partial charge in [-0.1, -0.05) is 30.3 Å². The third kappa shape index (κ3) is 5.18. The van der Waals surface area contributed by atoms with Crippen LogP contribution in [0.1, 0.15) is 31.7 Å². The Morgan fingerprint density at radius 2 is 1.88 bits per heavy atom. The number of rotatable bonds is 6. The highest BCUT2D eigenvalue weighted by Gasteiger charge is 2.36. The highest BCUT2D eigenvalue weighted by Crippen LogP contribution is 2.22. The molecule has 2 amide bonds. The summed E-state index contributed by atoms with van der Waals surface area (Å²) in [6, 6.07) is 11.1. The van der Waals surface area contributed by atoms with Crippen LogP contribution in [-0.4, -0.2) is 77.0 Å². The predicted octanol–water partition coefficient (Wildman–Crippen LogP) is 2.15.